The van der Waals surface area contributed by atoms with Gasteiger partial charge in [-0.1, -0.05) is 13.8 Å². The van der Waals surface area contributed by atoms with Crippen LogP contribution in [0.2, 0.25) is 0 Å². The van der Waals surface area contributed by atoms with Gasteiger partial charge in [-0.2, -0.15) is 0 Å². The molecule has 148 valence electrons. The lowest BCUT2D eigenvalue weighted by Gasteiger charge is -2.31. The number of aromatic nitrogens is 2. The van der Waals surface area contributed by atoms with E-state index in [4.69, 9.17) is 14.1 Å². The molecule has 0 aromatic carbocycles. The van der Waals surface area contributed by atoms with Crippen LogP contribution in [0, 0.1) is 5.92 Å². The van der Waals surface area contributed by atoms with E-state index in [2.05, 4.69) is 4.98 Å². The maximum atomic E-state index is 12.6. The van der Waals surface area contributed by atoms with Gasteiger partial charge in [-0.15, -0.1) is 0 Å². The monoisotopic (exact) mass is 376 g/mol. The summed E-state index contributed by atoms with van der Waals surface area (Å²) in [5.41, 5.74) is -0.255. The molecule has 0 radical (unpaired) electrons. The number of methoxy groups -OCH3 is 1. The van der Waals surface area contributed by atoms with Crippen molar-refractivity contribution in [2.75, 3.05) is 7.11 Å². The smallest absolute Gasteiger partial charge is 0.481 e. The molecule has 27 heavy (non-hydrogen) atoms. The van der Waals surface area contributed by atoms with Gasteiger partial charge in [0.25, 0.3) is 0 Å². The summed E-state index contributed by atoms with van der Waals surface area (Å²) in [6.07, 6.45) is 2.49. The quantitative estimate of drug-likeness (QED) is 0.808. The van der Waals surface area contributed by atoms with E-state index in [0.717, 1.165) is 0 Å². The minimum absolute atomic E-state index is 0.183. The summed E-state index contributed by atoms with van der Waals surface area (Å²) in [5, 5.41) is 11.4. The van der Waals surface area contributed by atoms with Gasteiger partial charge < -0.3 is 19.2 Å². The third kappa shape index (κ3) is 4.81. The zero-order valence-corrected chi connectivity index (χ0v) is 17.4. The van der Waals surface area contributed by atoms with Gasteiger partial charge in [-0.05, 0) is 40.5 Å². The lowest BCUT2D eigenvalue weighted by Crippen LogP contribution is -2.44. The highest BCUT2D eigenvalue weighted by Crippen LogP contribution is 2.24. The summed E-state index contributed by atoms with van der Waals surface area (Å²) in [6.45, 7) is 13.2. The molecule has 2 rings (SSSR count). The minimum atomic E-state index is -1.22. The standard InChI is InChI=1S/C19H29BN2O5/c1-12(2)19(6,7)27-20(24)14-11-22(17(23)26-18(3,4)5)15-10-21-16(25-8)9-13(14)15/h9-12,24H,1-8H3. The minimum Gasteiger partial charge on any atom is -0.481 e. The highest BCUT2D eigenvalue weighted by Gasteiger charge is 2.33. The number of carbonyl (C=O) groups is 1. The molecule has 0 spiro atoms. The summed E-state index contributed by atoms with van der Waals surface area (Å²) in [4.78, 5) is 16.8. The maximum absolute atomic E-state index is 12.6. The fraction of sp³-hybridized carbons (Fsp3) is 0.579. The van der Waals surface area contributed by atoms with Crippen molar-refractivity contribution in [2.24, 2.45) is 5.92 Å². The van der Waals surface area contributed by atoms with Crippen molar-refractivity contribution in [1.29, 1.82) is 0 Å². The van der Waals surface area contributed by atoms with E-state index in [-0.39, 0.29) is 5.92 Å². The Balaban J connectivity index is 2.53. The van der Waals surface area contributed by atoms with Crippen LogP contribution in [0.15, 0.2) is 18.5 Å². The third-order valence-corrected chi connectivity index (χ3v) is 4.57. The topological polar surface area (TPSA) is 82.8 Å². The predicted molar refractivity (Wildman–Crippen MR) is 106 cm³/mol. The molecular weight excluding hydrogens is 347 g/mol. The van der Waals surface area contributed by atoms with Gasteiger partial charge in [0.05, 0.1) is 24.4 Å². The fourth-order valence-corrected chi connectivity index (χ4v) is 2.39. The molecule has 0 aliphatic carbocycles. The van der Waals surface area contributed by atoms with Crippen LogP contribution in [0.4, 0.5) is 4.79 Å². The van der Waals surface area contributed by atoms with E-state index in [1.165, 1.54) is 24.1 Å². The summed E-state index contributed by atoms with van der Waals surface area (Å²) < 4.78 is 17.9. The van der Waals surface area contributed by atoms with Crippen LogP contribution >= 0.6 is 0 Å². The van der Waals surface area contributed by atoms with Gasteiger partial charge >= 0.3 is 13.2 Å². The van der Waals surface area contributed by atoms with Crippen molar-refractivity contribution >= 4 is 29.6 Å². The molecule has 2 aromatic rings. The molecule has 2 aromatic heterocycles. The molecule has 0 aliphatic rings. The Morgan fingerprint density at radius 3 is 2.41 bits per heavy atom. The third-order valence-electron chi connectivity index (χ3n) is 4.57. The Morgan fingerprint density at radius 1 is 1.26 bits per heavy atom. The molecule has 0 atom stereocenters. The van der Waals surface area contributed by atoms with Crippen LogP contribution in [-0.4, -0.2) is 46.1 Å². The second-order valence-corrected chi connectivity index (χ2v) is 8.41. The normalized spacial score (nSPS) is 12.5. The predicted octanol–water partition coefficient (Wildman–Crippen LogP) is 2.97. The van der Waals surface area contributed by atoms with Crippen molar-refractivity contribution in [3.8, 4) is 5.88 Å². The van der Waals surface area contributed by atoms with Crippen molar-refractivity contribution in [1.82, 2.24) is 9.55 Å². The zero-order valence-electron chi connectivity index (χ0n) is 17.4. The first kappa shape index (κ1) is 21.2. The first-order chi connectivity index (χ1) is 12.4. The van der Waals surface area contributed by atoms with Crippen LogP contribution in [0.1, 0.15) is 48.5 Å². The van der Waals surface area contributed by atoms with E-state index >= 15 is 0 Å². The van der Waals surface area contributed by atoms with Crippen molar-refractivity contribution < 1.29 is 23.9 Å². The fourth-order valence-electron chi connectivity index (χ4n) is 2.39. The lowest BCUT2D eigenvalue weighted by molar-refractivity contribution is 0.0424. The Hall–Kier alpha value is -2.06. The van der Waals surface area contributed by atoms with E-state index in [1.807, 2.05) is 27.7 Å². The number of carbonyl (C=O) groups excluding carboxylic acids is 1. The molecule has 7 nitrogen and oxygen atoms in total. The number of pyridine rings is 1. The molecular formula is C19H29BN2O5. The Kier molecular flexibility index (Phi) is 5.92. The van der Waals surface area contributed by atoms with Gasteiger partial charge in [-0.25, -0.2) is 9.78 Å². The highest BCUT2D eigenvalue weighted by atomic mass is 16.6. The Bertz CT molecular complexity index is 823. The molecule has 0 fully saturated rings. The van der Waals surface area contributed by atoms with Crippen LogP contribution in [0.25, 0.3) is 10.9 Å². The molecule has 0 bridgehead atoms. The highest BCUT2D eigenvalue weighted by molar-refractivity contribution is 6.63. The molecule has 2 heterocycles. The van der Waals surface area contributed by atoms with E-state index in [1.54, 1.807) is 26.8 Å². The number of hydrogen-bond acceptors (Lipinski definition) is 6. The lowest BCUT2D eigenvalue weighted by atomic mass is 9.77. The van der Waals surface area contributed by atoms with Crippen LogP contribution in [-0.2, 0) is 9.39 Å². The van der Waals surface area contributed by atoms with Crippen molar-refractivity contribution in [3.05, 3.63) is 18.5 Å². The average molecular weight is 376 g/mol. The van der Waals surface area contributed by atoms with E-state index in [0.29, 0.717) is 22.2 Å². The van der Waals surface area contributed by atoms with Gasteiger partial charge in [0.2, 0.25) is 5.88 Å². The number of ether oxygens (including phenoxy) is 2. The molecule has 0 saturated heterocycles. The average Bonchev–Trinajstić information content (AvgIpc) is 2.91. The number of nitrogens with zero attached hydrogens (tertiary/aromatic N) is 2. The second-order valence-electron chi connectivity index (χ2n) is 8.41. The maximum Gasteiger partial charge on any atom is 0.493 e. The van der Waals surface area contributed by atoms with Crippen LogP contribution in [0.5, 0.6) is 5.88 Å². The second kappa shape index (κ2) is 7.52. The van der Waals surface area contributed by atoms with Crippen LogP contribution in [0.3, 0.4) is 0 Å². The van der Waals surface area contributed by atoms with E-state index < -0.39 is 24.4 Å². The molecule has 1 N–H and O–H groups in total. The molecule has 0 unspecified atom stereocenters. The Labute approximate surface area is 160 Å². The SMILES string of the molecule is COc1cc2c(B(O)OC(C)(C)C(C)C)cn(C(=O)OC(C)(C)C)c2cn1. The summed E-state index contributed by atoms with van der Waals surface area (Å²) in [7, 11) is 0.286. The molecule has 0 aliphatic heterocycles. The van der Waals surface area contributed by atoms with Gasteiger partial charge in [0.15, 0.2) is 0 Å². The molecule has 0 amide bonds. The van der Waals surface area contributed by atoms with Crippen LogP contribution < -0.4 is 10.2 Å². The van der Waals surface area contributed by atoms with Crippen molar-refractivity contribution in [3.63, 3.8) is 0 Å². The van der Waals surface area contributed by atoms with Gasteiger partial charge in [0, 0.05) is 23.1 Å². The van der Waals surface area contributed by atoms with Crippen molar-refractivity contribution in [2.45, 2.75) is 59.7 Å². The summed E-state index contributed by atoms with van der Waals surface area (Å²) in [5.74, 6) is 0.559. The number of fused-ring (bicyclic) bond motifs is 1. The summed E-state index contributed by atoms with van der Waals surface area (Å²) in [6, 6.07) is 1.67. The largest absolute Gasteiger partial charge is 0.493 e. The molecule has 8 heteroatoms. The number of rotatable bonds is 5. The Morgan fingerprint density at radius 2 is 1.89 bits per heavy atom. The first-order valence-corrected chi connectivity index (χ1v) is 9.00. The number of hydrogen-bond donors (Lipinski definition) is 1. The first-order valence-electron chi connectivity index (χ1n) is 9.00. The zero-order chi connectivity index (χ0) is 20.6. The molecule has 0 saturated carbocycles. The van der Waals surface area contributed by atoms with Gasteiger partial charge in [-0.3, -0.25) is 4.57 Å². The summed E-state index contributed by atoms with van der Waals surface area (Å²) >= 11 is 0. The van der Waals surface area contributed by atoms with Gasteiger partial charge in [0.1, 0.15) is 5.60 Å². The van der Waals surface area contributed by atoms with E-state index in [9.17, 15) is 9.82 Å².